The predicted octanol–water partition coefficient (Wildman–Crippen LogP) is 2.43. The summed E-state index contributed by atoms with van der Waals surface area (Å²) < 4.78 is 41.3. The van der Waals surface area contributed by atoms with Gasteiger partial charge in [-0.2, -0.15) is 18.3 Å². The van der Waals surface area contributed by atoms with Crippen molar-refractivity contribution in [1.82, 2.24) is 24.9 Å². The van der Waals surface area contributed by atoms with Gasteiger partial charge in [-0.15, -0.1) is 0 Å². The zero-order valence-corrected chi connectivity index (χ0v) is 13.8. The molecule has 0 saturated carbocycles. The Morgan fingerprint density at radius 3 is 2.69 bits per heavy atom. The number of alkyl halides is 3. The molecule has 136 valence electrons. The number of rotatable bonds is 2. The largest absolute Gasteiger partial charge is 0.417 e. The van der Waals surface area contributed by atoms with E-state index in [1.54, 1.807) is 0 Å². The molecule has 2 unspecified atom stereocenters. The van der Waals surface area contributed by atoms with E-state index in [1.165, 1.54) is 28.9 Å². The first kappa shape index (κ1) is 16.8. The van der Waals surface area contributed by atoms with Crippen LogP contribution in [-0.2, 0) is 6.18 Å². The van der Waals surface area contributed by atoms with Crippen molar-refractivity contribution < 1.29 is 13.2 Å². The van der Waals surface area contributed by atoms with Gasteiger partial charge in [-0.3, -0.25) is 4.79 Å². The molecule has 0 bridgehead atoms. The minimum absolute atomic E-state index is 0.00103. The summed E-state index contributed by atoms with van der Waals surface area (Å²) in [6.07, 6.45) is -3.29. The number of benzene rings is 1. The van der Waals surface area contributed by atoms with E-state index in [0.29, 0.717) is 12.4 Å². The van der Waals surface area contributed by atoms with Crippen LogP contribution in [0, 0.1) is 5.92 Å². The molecule has 2 N–H and O–H groups in total. The number of nitrogens with one attached hydrogen (secondary N) is 2. The Hall–Kier alpha value is -2.68. The van der Waals surface area contributed by atoms with Crippen LogP contribution < -0.4 is 10.9 Å². The lowest BCUT2D eigenvalue weighted by Gasteiger charge is -2.14. The molecule has 0 amide bonds. The quantitative estimate of drug-likeness (QED) is 0.733. The molecule has 1 saturated heterocycles. The number of fused-ring (bicyclic) bond motifs is 1. The first-order chi connectivity index (χ1) is 12.4. The van der Waals surface area contributed by atoms with Gasteiger partial charge in [-0.05, 0) is 18.5 Å². The molecule has 1 aromatic carbocycles. The second-order valence-corrected chi connectivity index (χ2v) is 6.50. The first-order valence-electron chi connectivity index (χ1n) is 8.21. The molecular formula is C17H16F3N5O. The number of H-pyrrole nitrogens is 1. The molecule has 1 aliphatic rings. The summed E-state index contributed by atoms with van der Waals surface area (Å²) in [6.45, 7) is 3.47. The van der Waals surface area contributed by atoms with Crippen molar-refractivity contribution in [1.29, 1.82) is 0 Å². The summed E-state index contributed by atoms with van der Waals surface area (Å²) in [5, 5.41) is 7.64. The van der Waals surface area contributed by atoms with Gasteiger partial charge in [0.25, 0.3) is 5.56 Å². The van der Waals surface area contributed by atoms with Gasteiger partial charge in [-0.25, -0.2) is 9.50 Å². The third-order valence-electron chi connectivity index (χ3n) is 4.76. The number of aromatic amines is 1. The van der Waals surface area contributed by atoms with Crippen LogP contribution in [-0.4, -0.2) is 32.7 Å². The van der Waals surface area contributed by atoms with Gasteiger partial charge in [0.1, 0.15) is 5.82 Å². The maximum absolute atomic E-state index is 13.4. The topological polar surface area (TPSA) is 75.1 Å². The molecule has 4 rings (SSSR count). The fourth-order valence-corrected chi connectivity index (χ4v) is 3.37. The van der Waals surface area contributed by atoms with Gasteiger partial charge < -0.3 is 10.3 Å². The van der Waals surface area contributed by atoms with Crippen molar-refractivity contribution in [3.8, 4) is 11.4 Å². The third kappa shape index (κ3) is 2.68. The van der Waals surface area contributed by atoms with Gasteiger partial charge in [-0.1, -0.05) is 25.1 Å². The summed E-state index contributed by atoms with van der Waals surface area (Å²) in [5.41, 5.74) is -1.23. The molecular weight excluding hydrogens is 347 g/mol. The van der Waals surface area contributed by atoms with E-state index in [1.807, 2.05) is 6.92 Å². The van der Waals surface area contributed by atoms with Crippen molar-refractivity contribution >= 4 is 5.52 Å². The summed E-state index contributed by atoms with van der Waals surface area (Å²) in [5.74, 6) is 0.688. The molecule has 6 nitrogen and oxygen atoms in total. The van der Waals surface area contributed by atoms with E-state index in [0.717, 1.165) is 12.6 Å². The highest BCUT2D eigenvalue weighted by atomic mass is 19.4. The molecule has 2 aromatic heterocycles. The normalized spacial score (nSPS) is 20.8. The van der Waals surface area contributed by atoms with E-state index in [2.05, 4.69) is 20.4 Å². The fraction of sp³-hybridized carbons (Fsp3) is 0.353. The minimum atomic E-state index is -4.53. The summed E-state index contributed by atoms with van der Waals surface area (Å²) in [4.78, 5) is 19.2. The highest BCUT2D eigenvalue weighted by Gasteiger charge is 2.35. The summed E-state index contributed by atoms with van der Waals surface area (Å²) in [7, 11) is 0. The van der Waals surface area contributed by atoms with Crippen LogP contribution >= 0.6 is 0 Å². The molecule has 26 heavy (non-hydrogen) atoms. The fourth-order valence-electron chi connectivity index (χ4n) is 3.37. The van der Waals surface area contributed by atoms with Crippen LogP contribution in [0.15, 0.2) is 35.3 Å². The predicted molar refractivity (Wildman–Crippen MR) is 88.8 cm³/mol. The average Bonchev–Trinajstić information content (AvgIpc) is 3.20. The molecule has 0 radical (unpaired) electrons. The zero-order chi connectivity index (χ0) is 18.5. The van der Waals surface area contributed by atoms with E-state index in [-0.39, 0.29) is 28.7 Å². The molecule has 1 fully saturated rings. The minimum Gasteiger partial charge on any atom is -0.316 e. The number of hydrogen-bond acceptors (Lipinski definition) is 4. The van der Waals surface area contributed by atoms with E-state index in [9.17, 15) is 18.0 Å². The lowest BCUT2D eigenvalue weighted by atomic mass is 9.97. The molecule has 3 heterocycles. The van der Waals surface area contributed by atoms with Crippen molar-refractivity contribution in [3.63, 3.8) is 0 Å². The highest BCUT2D eigenvalue weighted by Crippen LogP contribution is 2.36. The van der Waals surface area contributed by atoms with Gasteiger partial charge >= 0.3 is 6.18 Å². The molecule has 3 aromatic rings. The van der Waals surface area contributed by atoms with Crippen molar-refractivity contribution in [2.45, 2.75) is 19.0 Å². The lowest BCUT2D eigenvalue weighted by molar-refractivity contribution is -0.137. The van der Waals surface area contributed by atoms with Crippen LogP contribution in [0.5, 0.6) is 0 Å². The van der Waals surface area contributed by atoms with Gasteiger partial charge in [0.2, 0.25) is 0 Å². The molecule has 0 aliphatic carbocycles. The molecule has 9 heteroatoms. The Balaban J connectivity index is 1.93. The second-order valence-electron chi connectivity index (χ2n) is 6.50. The monoisotopic (exact) mass is 363 g/mol. The number of imidazole rings is 1. The van der Waals surface area contributed by atoms with E-state index in [4.69, 9.17) is 0 Å². The standard InChI is InChI=1S/C17H16F3N5O/c1-9-6-21-7-11(9)14-23-16(26)13-8-22-15(25(13)24-14)10-4-2-3-5-12(10)17(18,19)20/h2-5,8-9,11,21H,6-7H2,1H3,(H,23,24,26). The summed E-state index contributed by atoms with van der Waals surface area (Å²) in [6, 6.07) is 5.15. The van der Waals surface area contributed by atoms with Crippen LogP contribution in [0.1, 0.15) is 24.2 Å². The SMILES string of the molecule is CC1CNCC1c1nn2c(-c3ccccc3C(F)(F)F)ncc2c(=O)[nH]1. The zero-order valence-electron chi connectivity index (χ0n) is 13.8. The van der Waals surface area contributed by atoms with Crippen molar-refractivity contribution in [2.24, 2.45) is 5.92 Å². The van der Waals surface area contributed by atoms with Crippen LogP contribution in [0.2, 0.25) is 0 Å². The van der Waals surface area contributed by atoms with Crippen molar-refractivity contribution in [2.75, 3.05) is 13.1 Å². The molecule has 2 atom stereocenters. The maximum atomic E-state index is 13.4. The molecule has 0 spiro atoms. The third-order valence-corrected chi connectivity index (χ3v) is 4.76. The van der Waals surface area contributed by atoms with Gasteiger partial charge in [0.15, 0.2) is 11.3 Å². The highest BCUT2D eigenvalue weighted by molar-refractivity contribution is 5.65. The lowest BCUT2D eigenvalue weighted by Crippen LogP contribution is -2.21. The second kappa shape index (κ2) is 5.94. The Bertz CT molecular complexity index is 1020. The first-order valence-corrected chi connectivity index (χ1v) is 8.21. The van der Waals surface area contributed by atoms with E-state index < -0.39 is 17.3 Å². The molecule has 1 aliphatic heterocycles. The summed E-state index contributed by atoms with van der Waals surface area (Å²) >= 11 is 0. The Morgan fingerprint density at radius 2 is 2.00 bits per heavy atom. The van der Waals surface area contributed by atoms with E-state index >= 15 is 0 Å². The van der Waals surface area contributed by atoms with Crippen LogP contribution in [0.3, 0.4) is 0 Å². The van der Waals surface area contributed by atoms with Crippen molar-refractivity contribution in [3.05, 3.63) is 52.2 Å². The van der Waals surface area contributed by atoms with Gasteiger partial charge in [0, 0.05) is 18.0 Å². The Morgan fingerprint density at radius 1 is 1.23 bits per heavy atom. The number of halogens is 3. The van der Waals surface area contributed by atoms with Crippen LogP contribution in [0.25, 0.3) is 16.9 Å². The van der Waals surface area contributed by atoms with Crippen LogP contribution in [0.4, 0.5) is 13.2 Å². The Labute approximate surface area is 146 Å². The number of aromatic nitrogens is 4. The number of hydrogen-bond donors (Lipinski definition) is 2. The average molecular weight is 363 g/mol. The smallest absolute Gasteiger partial charge is 0.316 e. The Kier molecular flexibility index (Phi) is 3.83. The number of nitrogens with zero attached hydrogens (tertiary/aromatic N) is 3. The maximum Gasteiger partial charge on any atom is 0.417 e. The van der Waals surface area contributed by atoms with Gasteiger partial charge in [0.05, 0.1) is 11.8 Å².